The van der Waals surface area contributed by atoms with Gasteiger partial charge in [0.25, 0.3) is 0 Å². The molecule has 1 aromatic carbocycles. The molecule has 2 N–H and O–H groups in total. The molecule has 26 heavy (non-hydrogen) atoms. The standard InChI is InChI=1S/C21H36N4.HI/c1-6-22-21(24-20-10-13-25(14-11-20)16(2)3)23-12-9-19-8-7-17(4)15-18(19)5;/h7-8,15-16,20H,6,9-14H2,1-5H3,(H2,22,23,24);1H. The van der Waals surface area contributed by atoms with Crippen molar-refractivity contribution in [1.29, 1.82) is 0 Å². The maximum atomic E-state index is 4.80. The zero-order valence-corrected chi connectivity index (χ0v) is 19.5. The van der Waals surface area contributed by atoms with E-state index in [1.807, 2.05) is 0 Å². The smallest absolute Gasteiger partial charge is 0.191 e. The first-order valence-electron chi connectivity index (χ1n) is 9.84. The monoisotopic (exact) mass is 472 g/mol. The van der Waals surface area contributed by atoms with Crippen molar-refractivity contribution in [3.8, 4) is 0 Å². The third kappa shape index (κ3) is 7.43. The van der Waals surface area contributed by atoms with Gasteiger partial charge >= 0.3 is 0 Å². The topological polar surface area (TPSA) is 39.7 Å². The van der Waals surface area contributed by atoms with Crippen LogP contribution in [0.2, 0.25) is 0 Å². The van der Waals surface area contributed by atoms with E-state index in [9.17, 15) is 0 Å². The average Bonchev–Trinajstić information content (AvgIpc) is 2.57. The van der Waals surface area contributed by atoms with Crippen LogP contribution in [-0.4, -0.2) is 49.1 Å². The van der Waals surface area contributed by atoms with Gasteiger partial charge in [-0.15, -0.1) is 24.0 Å². The van der Waals surface area contributed by atoms with Crippen molar-refractivity contribution >= 4 is 29.9 Å². The highest BCUT2D eigenvalue weighted by Crippen LogP contribution is 2.13. The molecule has 0 aromatic heterocycles. The first-order valence-corrected chi connectivity index (χ1v) is 9.84. The summed E-state index contributed by atoms with van der Waals surface area (Å²) in [6.07, 6.45) is 3.38. The molecule has 1 aromatic rings. The minimum Gasteiger partial charge on any atom is -0.357 e. The van der Waals surface area contributed by atoms with E-state index >= 15 is 0 Å². The van der Waals surface area contributed by atoms with E-state index in [4.69, 9.17) is 4.99 Å². The molecular weight excluding hydrogens is 435 g/mol. The lowest BCUT2D eigenvalue weighted by atomic mass is 10.0. The maximum absolute atomic E-state index is 4.80. The highest BCUT2D eigenvalue weighted by molar-refractivity contribution is 14.0. The number of benzene rings is 1. The molecule has 0 bridgehead atoms. The molecule has 5 heteroatoms. The van der Waals surface area contributed by atoms with Crippen LogP contribution in [-0.2, 0) is 6.42 Å². The van der Waals surface area contributed by atoms with Crippen LogP contribution in [0.25, 0.3) is 0 Å². The van der Waals surface area contributed by atoms with Gasteiger partial charge in [0.2, 0.25) is 0 Å². The second-order valence-corrected chi connectivity index (χ2v) is 7.49. The Bertz CT molecular complexity index is 563. The predicted molar refractivity (Wildman–Crippen MR) is 124 cm³/mol. The quantitative estimate of drug-likeness (QED) is 0.375. The number of halogens is 1. The highest BCUT2D eigenvalue weighted by Gasteiger charge is 2.21. The molecule has 148 valence electrons. The Kier molecular flexibility index (Phi) is 10.5. The number of aliphatic imine (C=N–C) groups is 1. The van der Waals surface area contributed by atoms with E-state index in [0.29, 0.717) is 12.1 Å². The van der Waals surface area contributed by atoms with Gasteiger partial charge in [0.05, 0.1) is 0 Å². The number of rotatable bonds is 6. The second kappa shape index (κ2) is 11.8. The number of piperidine rings is 1. The van der Waals surface area contributed by atoms with Gasteiger partial charge in [-0.2, -0.15) is 0 Å². The molecule has 0 aliphatic carbocycles. The largest absolute Gasteiger partial charge is 0.357 e. The van der Waals surface area contributed by atoms with Crippen molar-refractivity contribution in [1.82, 2.24) is 15.5 Å². The lowest BCUT2D eigenvalue weighted by molar-refractivity contribution is 0.167. The number of hydrogen-bond donors (Lipinski definition) is 2. The molecule has 0 spiro atoms. The van der Waals surface area contributed by atoms with Crippen LogP contribution in [0.5, 0.6) is 0 Å². The average molecular weight is 472 g/mol. The zero-order valence-electron chi connectivity index (χ0n) is 17.1. The Morgan fingerprint density at radius 1 is 1.23 bits per heavy atom. The van der Waals surface area contributed by atoms with Crippen molar-refractivity contribution in [2.45, 2.75) is 66.0 Å². The summed E-state index contributed by atoms with van der Waals surface area (Å²) in [4.78, 5) is 7.36. The molecule has 0 atom stereocenters. The van der Waals surface area contributed by atoms with Gasteiger partial charge in [0.1, 0.15) is 0 Å². The number of aryl methyl sites for hydroxylation is 2. The predicted octanol–water partition coefficient (Wildman–Crippen LogP) is 3.89. The second-order valence-electron chi connectivity index (χ2n) is 7.49. The zero-order chi connectivity index (χ0) is 18.2. The van der Waals surface area contributed by atoms with Gasteiger partial charge in [-0.1, -0.05) is 23.8 Å². The molecule has 1 heterocycles. The fourth-order valence-electron chi connectivity index (χ4n) is 3.49. The molecule has 1 saturated heterocycles. The fraction of sp³-hybridized carbons (Fsp3) is 0.667. The van der Waals surface area contributed by atoms with E-state index in [2.05, 4.69) is 68.4 Å². The molecule has 1 aliphatic rings. The maximum Gasteiger partial charge on any atom is 0.191 e. The van der Waals surface area contributed by atoms with Crippen LogP contribution in [0.4, 0.5) is 0 Å². The van der Waals surface area contributed by atoms with Crippen LogP contribution >= 0.6 is 24.0 Å². The van der Waals surface area contributed by atoms with Gasteiger partial charge in [0.15, 0.2) is 5.96 Å². The highest BCUT2D eigenvalue weighted by atomic mass is 127. The molecule has 1 aliphatic heterocycles. The van der Waals surface area contributed by atoms with Crippen molar-refractivity contribution in [3.63, 3.8) is 0 Å². The van der Waals surface area contributed by atoms with Gasteiger partial charge in [-0.05, 0) is 65.0 Å². The summed E-state index contributed by atoms with van der Waals surface area (Å²) in [6.45, 7) is 15.1. The molecule has 0 radical (unpaired) electrons. The summed E-state index contributed by atoms with van der Waals surface area (Å²) in [7, 11) is 0. The van der Waals surface area contributed by atoms with Crippen molar-refractivity contribution in [2.24, 2.45) is 4.99 Å². The lowest BCUT2D eigenvalue weighted by Gasteiger charge is -2.35. The molecule has 1 fully saturated rings. The lowest BCUT2D eigenvalue weighted by Crippen LogP contribution is -2.49. The van der Waals surface area contributed by atoms with Gasteiger partial charge in [0, 0.05) is 38.3 Å². The summed E-state index contributed by atoms with van der Waals surface area (Å²) in [6, 6.07) is 7.88. The Morgan fingerprint density at radius 3 is 2.50 bits per heavy atom. The summed E-state index contributed by atoms with van der Waals surface area (Å²) < 4.78 is 0. The first kappa shape index (κ1) is 23.2. The third-order valence-corrected chi connectivity index (χ3v) is 5.09. The van der Waals surface area contributed by atoms with E-state index in [-0.39, 0.29) is 24.0 Å². The Morgan fingerprint density at radius 2 is 1.92 bits per heavy atom. The summed E-state index contributed by atoms with van der Waals surface area (Å²) >= 11 is 0. The third-order valence-electron chi connectivity index (χ3n) is 5.09. The van der Waals surface area contributed by atoms with Crippen molar-refractivity contribution in [3.05, 3.63) is 34.9 Å². The Hall–Kier alpha value is -0.820. The molecular formula is C21H37IN4. The normalized spacial score (nSPS) is 16.5. The number of guanidine groups is 1. The molecule has 2 rings (SSSR count). The van der Waals surface area contributed by atoms with E-state index in [0.717, 1.165) is 25.5 Å². The van der Waals surface area contributed by atoms with Crippen LogP contribution < -0.4 is 10.6 Å². The van der Waals surface area contributed by atoms with Crippen LogP contribution in [0.15, 0.2) is 23.2 Å². The summed E-state index contributed by atoms with van der Waals surface area (Å²) in [5, 5.41) is 7.04. The van der Waals surface area contributed by atoms with E-state index in [1.165, 1.54) is 42.6 Å². The number of likely N-dealkylation sites (tertiary alicyclic amines) is 1. The Balaban J connectivity index is 0.00000338. The SMILES string of the molecule is CCNC(=NCCc1ccc(C)cc1C)NC1CCN(C(C)C)CC1.I. The van der Waals surface area contributed by atoms with Gasteiger partial charge in [-0.3, -0.25) is 4.99 Å². The first-order chi connectivity index (χ1) is 12.0. The van der Waals surface area contributed by atoms with E-state index in [1.54, 1.807) is 0 Å². The van der Waals surface area contributed by atoms with Crippen LogP contribution in [0, 0.1) is 13.8 Å². The molecule has 4 nitrogen and oxygen atoms in total. The number of hydrogen-bond acceptors (Lipinski definition) is 2. The van der Waals surface area contributed by atoms with Gasteiger partial charge < -0.3 is 15.5 Å². The van der Waals surface area contributed by atoms with Crippen LogP contribution in [0.3, 0.4) is 0 Å². The summed E-state index contributed by atoms with van der Waals surface area (Å²) in [5.41, 5.74) is 4.09. The van der Waals surface area contributed by atoms with E-state index < -0.39 is 0 Å². The molecule has 0 amide bonds. The number of nitrogens with one attached hydrogen (secondary N) is 2. The Labute approximate surface area is 177 Å². The number of nitrogens with zero attached hydrogens (tertiary/aromatic N) is 2. The van der Waals surface area contributed by atoms with Crippen LogP contribution in [0.1, 0.15) is 50.3 Å². The van der Waals surface area contributed by atoms with Crippen molar-refractivity contribution in [2.75, 3.05) is 26.2 Å². The molecule has 0 saturated carbocycles. The minimum absolute atomic E-state index is 0. The van der Waals surface area contributed by atoms with Gasteiger partial charge in [-0.25, -0.2) is 0 Å². The molecule has 0 unspecified atom stereocenters. The minimum atomic E-state index is 0. The summed E-state index contributed by atoms with van der Waals surface area (Å²) in [5.74, 6) is 0.968. The van der Waals surface area contributed by atoms with Crippen molar-refractivity contribution < 1.29 is 0 Å². The fourth-order valence-corrected chi connectivity index (χ4v) is 3.49.